The van der Waals surface area contributed by atoms with Gasteiger partial charge in [0.25, 0.3) is 0 Å². The third-order valence-electron chi connectivity index (χ3n) is 8.24. The van der Waals surface area contributed by atoms with Crippen LogP contribution in [0.15, 0.2) is 60.7 Å². The summed E-state index contributed by atoms with van der Waals surface area (Å²) in [7, 11) is 0. The number of likely N-dealkylation sites (tertiary alicyclic amines) is 1. The number of rotatable bonds is 8. The standard InChI is InChI=1S/C30H40N4O3/c1-19(2)25(33-27(35)20(3)31)28(36)34-18-17-21-15-16-24(26(21)34)32-29(37)30(4,22-11-7-5-8-12-22)23-13-9-6-10-14-23/h5-14,19-21,24-26H,15-18,31H2,1-4H3,(H,32,37)(H,33,35)/t20-,21?,24?,25-,26?/m0/s1. The molecular weight excluding hydrogens is 464 g/mol. The number of carbonyl (C=O) groups is 3. The second kappa shape index (κ2) is 11.1. The molecule has 5 atom stereocenters. The Labute approximate surface area is 220 Å². The third-order valence-corrected chi connectivity index (χ3v) is 8.24. The number of nitrogens with two attached hydrogens (primary N) is 1. The molecule has 0 spiro atoms. The van der Waals surface area contributed by atoms with Crippen molar-refractivity contribution in [3.8, 4) is 0 Å². The van der Waals surface area contributed by atoms with Crippen molar-refractivity contribution in [1.29, 1.82) is 0 Å². The maximum absolute atomic E-state index is 14.1. The molecule has 1 aliphatic carbocycles. The number of hydrogen-bond acceptors (Lipinski definition) is 4. The number of benzene rings is 2. The number of carbonyl (C=O) groups excluding carboxylic acids is 3. The molecule has 37 heavy (non-hydrogen) atoms. The Morgan fingerprint density at radius 3 is 2.00 bits per heavy atom. The van der Waals surface area contributed by atoms with Gasteiger partial charge in [-0.3, -0.25) is 14.4 Å². The van der Waals surface area contributed by atoms with E-state index >= 15 is 0 Å². The van der Waals surface area contributed by atoms with Crippen molar-refractivity contribution in [2.75, 3.05) is 6.54 Å². The van der Waals surface area contributed by atoms with E-state index in [1.165, 1.54) is 0 Å². The average Bonchev–Trinajstić information content (AvgIpc) is 3.50. The fraction of sp³-hybridized carbons (Fsp3) is 0.500. The second-order valence-corrected chi connectivity index (χ2v) is 11.1. The maximum Gasteiger partial charge on any atom is 0.245 e. The highest BCUT2D eigenvalue weighted by Crippen LogP contribution is 2.40. The molecular formula is C30H40N4O3. The van der Waals surface area contributed by atoms with Crippen molar-refractivity contribution in [3.63, 3.8) is 0 Å². The first-order chi connectivity index (χ1) is 17.6. The summed E-state index contributed by atoms with van der Waals surface area (Å²) in [5, 5.41) is 6.21. The molecule has 1 saturated heterocycles. The van der Waals surface area contributed by atoms with Gasteiger partial charge in [-0.1, -0.05) is 74.5 Å². The second-order valence-electron chi connectivity index (χ2n) is 11.1. The molecule has 4 rings (SSSR count). The summed E-state index contributed by atoms with van der Waals surface area (Å²) in [5.74, 6) is -0.235. The van der Waals surface area contributed by atoms with E-state index in [2.05, 4.69) is 10.6 Å². The van der Waals surface area contributed by atoms with E-state index in [-0.39, 0.29) is 35.7 Å². The lowest BCUT2D eigenvalue weighted by Crippen LogP contribution is -2.59. The van der Waals surface area contributed by atoms with Crippen LogP contribution in [0.1, 0.15) is 58.1 Å². The summed E-state index contributed by atoms with van der Waals surface area (Å²) in [6, 6.07) is 18.1. The van der Waals surface area contributed by atoms with Crippen LogP contribution in [-0.4, -0.2) is 53.3 Å². The van der Waals surface area contributed by atoms with Gasteiger partial charge in [0.15, 0.2) is 0 Å². The molecule has 2 aromatic rings. The van der Waals surface area contributed by atoms with Gasteiger partial charge in [0.1, 0.15) is 6.04 Å². The molecule has 1 aliphatic heterocycles. The molecule has 3 amide bonds. The van der Waals surface area contributed by atoms with Crippen LogP contribution in [0.4, 0.5) is 0 Å². The number of amides is 3. The van der Waals surface area contributed by atoms with Crippen LogP contribution < -0.4 is 16.4 Å². The van der Waals surface area contributed by atoms with Crippen LogP contribution in [0.3, 0.4) is 0 Å². The van der Waals surface area contributed by atoms with Gasteiger partial charge in [-0.2, -0.15) is 0 Å². The van der Waals surface area contributed by atoms with E-state index in [0.29, 0.717) is 12.5 Å². The predicted octanol–water partition coefficient (Wildman–Crippen LogP) is 2.98. The first-order valence-electron chi connectivity index (χ1n) is 13.4. The maximum atomic E-state index is 14.1. The molecule has 0 bridgehead atoms. The first kappa shape index (κ1) is 26.9. The van der Waals surface area contributed by atoms with E-state index < -0.39 is 17.5 Å². The summed E-state index contributed by atoms with van der Waals surface area (Å²) >= 11 is 0. The van der Waals surface area contributed by atoms with Gasteiger partial charge < -0.3 is 21.3 Å². The van der Waals surface area contributed by atoms with Crippen molar-refractivity contribution in [2.45, 2.75) is 76.5 Å². The monoisotopic (exact) mass is 504 g/mol. The quantitative estimate of drug-likeness (QED) is 0.514. The molecule has 0 aromatic heterocycles. The summed E-state index contributed by atoms with van der Waals surface area (Å²) in [6.07, 6.45) is 2.69. The zero-order chi connectivity index (χ0) is 26.7. The Kier molecular flexibility index (Phi) is 8.02. The highest BCUT2D eigenvalue weighted by atomic mass is 16.2. The van der Waals surface area contributed by atoms with E-state index in [9.17, 15) is 14.4 Å². The molecule has 2 fully saturated rings. The largest absolute Gasteiger partial charge is 0.350 e. The molecule has 2 aromatic carbocycles. The fourth-order valence-electron chi connectivity index (χ4n) is 5.98. The van der Waals surface area contributed by atoms with Crippen LogP contribution in [0.2, 0.25) is 0 Å². The number of fused-ring (bicyclic) bond motifs is 1. The van der Waals surface area contributed by atoms with Gasteiger partial charge in [0, 0.05) is 12.6 Å². The van der Waals surface area contributed by atoms with Crippen LogP contribution in [0.5, 0.6) is 0 Å². The normalized spacial score (nSPS) is 22.9. The first-order valence-corrected chi connectivity index (χ1v) is 13.4. The minimum Gasteiger partial charge on any atom is -0.350 e. The lowest BCUT2D eigenvalue weighted by molar-refractivity contribution is -0.139. The lowest BCUT2D eigenvalue weighted by atomic mass is 9.75. The molecule has 1 heterocycles. The van der Waals surface area contributed by atoms with E-state index in [1.807, 2.05) is 86.3 Å². The Morgan fingerprint density at radius 2 is 1.49 bits per heavy atom. The molecule has 1 saturated carbocycles. The molecule has 7 heteroatoms. The zero-order valence-corrected chi connectivity index (χ0v) is 22.3. The molecule has 7 nitrogen and oxygen atoms in total. The van der Waals surface area contributed by atoms with Gasteiger partial charge in [-0.05, 0) is 56.1 Å². The van der Waals surface area contributed by atoms with Crippen LogP contribution in [0.25, 0.3) is 0 Å². The highest BCUT2D eigenvalue weighted by Gasteiger charge is 2.49. The summed E-state index contributed by atoms with van der Waals surface area (Å²) in [5.41, 5.74) is 6.72. The minimum absolute atomic E-state index is 0.0690. The predicted molar refractivity (Wildman–Crippen MR) is 145 cm³/mol. The molecule has 3 unspecified atom stereocenters. The van der Waals surface area contributed by atoms with E-state index in [4.69, 9.17) is 5.73 Å². The van der Waals surface area contributed by atoms with Crippen LogP contribution in [0, 0.1) is 11.8 Å². The van der Waals surface area contributed by atoms with Crippen LogP contribution >= 0.6 is 0 Å². The van der Waals surface area contributed by atoms with E-state index in [1.54, 1.807) is 6.92 Å². The van der Waals surface area contributed by atoms with Gasteiger partial charge in [0.05, 0.1) is 17.5 Å². The topological polar surface area (TPSA) is 105 Å². The van der Waals surface area contributed by atoms with Crippen molar-refractivity contribution in [2.24, 2.45) is 17.6 Å². The van der Waals surface area contributed by atoms with Gasteiger partial charge in [-0.15, -0.1) is 0 Å². The summed E-state index contributed by atoms with van der Waals surface area (Å²) in [4.78, 5) is 42.0. The Balaban J connectivity index is 1.58. The number of nitrogens with one attached hydrogen (secondary N) is 2. The summed E-state index contributed by atoms with van der Waals surface area (Å²) < 4.78 is 0. The van der Waals surface area contributed by atoms with Crippen molar-refractivity contribution >= 4 is 17.7 Å². The fourth-order valence-corrected chi connectivity index (χ4v) is 5.98. The minimum atomic E-state index is -0.875. The van der Waals surface area contributed by atoms with E-state index in [0.717, 1.165) is 30.4 Å². The molecule has 4 N–H and O–H groups in total. The Morgan fingerprint density at radius 1 is 0.919 bits per heavy atom. The number of nitrogens with zero attached hydrogens (tertiary/aromatic N) is 1. The SMILES string of the molecule is CC(C)[C@H](NC(=O)[C@H](C)N)C(=O)N1CCC2CCC(NC(=O)C(C)(c3ccccc3)c3ccccc3)C21. The van der Waals surface area contributed by atoms with Gasteiger partial charge in [-0.25, -0.2) is 0 Å². The van der Waals surface area contributed by atoms with Gasteiger partial charge in [0.2, 0.25) is 17.7 Å². The zero-order valence-electron chi connectivity index (χ0n) is 22.3. The number of hydrogen-bond donors (Lipinski definition) is 3. The Bertz CT molecular complexity index is 1060. The lowest BCUT2D eigenvalue weighted by Gasteiger charge is -2.36. The molecule has 0 radical (unpaired) electrons. The van der Waals surface area contributed by atoms with Crippen molar-refractivity contribution in [3.05, 3.63) is 71.8 Å². The Hall–Kier alpha value is -3.19. The molecule has 198 valence electrons. The third kappa shape index (κ3) is 5.28. The van der Waals surface area contributed by atoms with Crippen molar-refractivity contribution < 1.29 is 14.4 Å². The average molecular weight is 505 g/mol. The van der Waals surface area contributed by atoms with Gasteiger partial charge >= 0.3 is 0 Å². The smallest absolute Gasteiger partial charge is 0.245 e. The molecule has 2 aliphatic rings. The van der Waals surface area contributed by atoms with Crippen molar-refractivity contribution in [1.82, 2.24) is 15.5 Å². The van der Waals surface area contributed by atoms with Crippen LogP contribution in [-0.2, 0) is 19.8 Å². The summed E-state index contributed by atoms with van der Waals surface area (Å²) in [6.45, 7) is 8.07. The highest BCUT2D eigenvalue weighted by molar-refractivity contribution is 5.92.